The minimum Gasteiger partial charge on any atom is -0.387 e. The molecule has 5 nitrogen and oxygen atoms in total. The molecule has 0 saturated heterocycles. The molecule has 0 aromatic heterocycles. The summed E-state index contributed by atoms with van der Waals surface area (Å²) in [5.74, 6) is 0. The summed E-state index contributed by atoms with van der Waals surface area (Å²) in [4.78, 5) is 0.175. The summed E-state index contributed by atoms with van der Waals surface area (Å²) in [7, 11) is -2.29. The van der Waals surface area contributed by atoms with Gasteiger partial charge in [-0.3, -0.25) is 0 Å². The summed E-state index contributed by atoms with van der Waals surface area (Å²) >= 11 is 0. The lowest BCUT2D eigenvalue weighted by Gasteiger charge is -2.23. The fraction of sp³-hybridized carbons (Fsp3) is 0.368. The van der Waals surface area contributed by atoms with Gasteiger partial charge in [-0.1, -0.05) is 55.8 Å². The quantitative estimate of drug-likeness (QED) is 0.718. The number of sulfonamides is 1. The van der Waals surface area contributed by atoms with Gasteiger partial charge in [-0.25, -0.2) is 13.1 Å². The Bertz CT molecular complexity index is 745. The Labute approximate surface area is 149 Å². The molecule has 0 radical (unpaired) electrons. The van der Waals surface area contributed by atoms with E-state index in [1.807, 2.05) is 18.2 Å². The van der Waals surface area contributed by atoms with E-state index < -0.39 is 22.2 Å². The summed E-state index contributed by atoms with van der Waals surface area (Å²) in [6.45, 7) is 2.13. The van der Waals surface area contributed by atoms with Crippen LogP contribution >= 0.6 is 0 Å². The first-order valence-corrected chi connectivity index (χ1v) is 9.79. The number of hydrogen-bond acceptors (Lipinski definition) is 4. The first-order valence-electron chi connectivity index (χ1n) is 8.31. The molecule has 0 amide bonds. The average Bonchev–Trinajstić information content (AvgIpc) is 2.62. The molecule has 2 aromatic carbocycles. The standard InChI is InChI=1S/C19H25NO4S/c1-3-7-15-10-12-17(13-11-15)25(22,23)20-18(14-24-2)19(21)16-8-5-4-6-9-16/h4-6,8-13,18-21H,3,7,14H2,1-2H3. The number of ether oxygens (including phenoxy) is 1. The van der Waals surface area contributed by atoms with Crippen molar-refractivity contribution in [2.45, 2.75) is 36.8 Å². The van der Waals surface area contributed by atoms with Crippen LogP contribution in [0.25, 0.3) is 0 Å². The Kier molecular flexibility index (Phi) is 7.13. The van der Waals surface area contributed by atoms with E-state index in [0.29, 0.717) is 5.56 Å². The van der Waals surface area contributed by atoms with Crippen LogP contribution in [0.15, 0.2) is 59.5 Å². The lowest BCUT2D eigenvalue weighted by Crippen LogP contribution is -2.42. The van der Waals surface area contributed by atoms with Crippen molar-refractivity contribution in [2.75, 3.05) is 13.7 Å². The van der Waals surface area contributed by atoms with Gasteiger partial charge in [0.25, 0.3) is 0 Å². The van der Waals surface area contributed by atoms with Crippen LogP contribution in [0.5, 0.6) is 0 Å². The fourth-order valence-electron chi connectivity index (χ4n) is 2.64. The fourth-order valence-corrected chi connectivity index (χ4v) is 3.87. The van der Waals surface area contributed by atoms with E-state index >= 15 is 0 Å². The van der Waals surface area contributed by atoms with Crippen molar-refractivity contribution in [3.63, 3.8) is 0 Å². The molecule has 2 rings (SSSR count). The summed E-state index contributed by atoms with van der Waals surface area (Å²) in [6.07, 6.45) is 0.909. The molecule has 0 aliphatic rings. The van der Waals surface area contributed by atoms with Gasteiger partial charge in [-0.2, -0.15) is 0 Å². The third-order valence-corrected chi connectivity index (χ3v) is 5.45. The Morgan fingerprint density at radius 3 is 2.28 bits per heavy atom. The molecule has 0 saturated carbocycles. The highest BCUT2D eigenvalue weighted by molar-refractivity contribution is 7.89. The highest BCUT2D eigenvalue weighted by Crippen LogP contribution is 2.19. The molecular formula is C19H25NO4S. The zero-order chi connectivity index (χ0) is 18.3. The van der Waals surface area contributed by atoms with Crippen LogP contribution in [-0.2, 0) is 21.2 Å². The van der Waals surface area contributed by atoms with Crippen LogP contribution in [0.4, 0.5) is 0 Å². The monoisotopic (exact) mass is 363 g/mol. The molecule has 0 heterocycles. The Morgan fingerprint density at radius 1 is 1.08 bits per heavy atom. The second-order valence-corrected chi connectivity index (χ2v) is 7.65. The van der Waals surface area contributed by atoms with Gasteiger partial charge in [-0.05, 0) is 29.7 Å². The van der Waals surface area contributed by atoms with Crippen LogP contribution < -0.4 is 4.72 Å². The van der Waals surface area contributed by atoms with Gasteiger partial charge in [0.05, 0.1) is 23.6 Å². The maximum Gasteiger partial charge on any atom is 0.240 e. The van der Waals surface area contributed by atoms with E-state index in [2.05, 4.69) is 11.6 Å². The highest BCUT2D eigenvalue weighted by Gasteiger charge is 2.27. The first kappa shape index (κ1) is 19.6. The Morgan fingerprint density at radius 2 is 1.72 bits per heavy atom. The van der Waals surface area contributed by atoms with E-state index in [1.54, 1.807) is 36.4 Å². The summed E-state index contributed by atoms with van der Waals surface area (Å²) in [5, 5.41) is 10.5. The smallest absolute Gasteiger partial charge is 0.240 e. The first-order chi connectivity index (χ1) is 12.0. The van der Waals surface area contributed by atoms with Gasteiger partial charge < -0.3 is 9.84 Å². The van der Waals surface area contributed by atoms with Crippen LogP contribution in [0, 0.1) is 0 Å². The number of nitrogens with one attached hydrogen (secondary N) is 1. The van der Waals surface area contributed by atoms with Crippen LogP contribution in [0.3, 0.4) is 0 Å². The van der Waals surface area contributed by atoms with Gasteiger partial charge in [0.15, 0.2) is 0 Å². The van der Waals surface area contributed by atoms with E-state index in [-0.39, 0.29) is 11.5 Å². The second kappa shape index (κ2) is 9.10. The normalized spacial score (nSPS) is 14.2. The molecule has 2 unspecified atom stereocenters. The molecule has 25 heavy (non-hydrogen) atoms. The largest absolute Gasteiger partial charge is 0.387 e. The predicted molar refractivity (Wildman–Crippen MR) is 97.8 cm³/mol. The molecule has 0 spiro atoms. The molecule has 0 bridgehead atoms. The van der Waals surface area contributed by atoms with Gasteiger partial charge in [0.1, 0.15) is 0 Å². The molecular weight excluding hydrogens is 338 g/mol. The zero-order valence-corrected chi connectivity index (χ0v) is 15.4. The summed E-state index contributed by atoms with van der Waals surface area (Å²) < 4.78 is 32.9. The van der Waals surface area contributed by atoms with Crippen molar-refractivity contribution >= 4 is 10.0 Å². The lowest BCUT2D eigenvalue weighted by molar-refractivity contribution is 0.0800. The van der Waals surface area contributed by atoms with Crippen LogP contribution in [0.1, 0.15) is 30.6 Å². The van der Waals surface area contributed by atoms with Crippen molar-refractivity contribution in [3.05, 3.63) is 65.7 Å². The molecule has 2 atom stereocenters. The number of rotatable bonds is 9. The molecule has 6 heteroatoms. The number of methoxy groups -OCH3 is 1. The Hall–Kier alpha value is -1.73. The van der Waals surface area contributed by atoms with Gasteiger partial charge in [0, 0.05) is 7.11 Å². The summed E-state index contributed by atoms with van der Waals surface area (Å²) in [6, 6.07) is 15.0. The van der Waals surface area contributed by atoms with E-state index in [1.165, 1.54) is 7.11 Å². The molecule has 0 fully saturated rings. The van der Waals surface area contributed by atoms with Gasteiger partial charge in [0.2, 0.25) is 10.0 Å². The SMILES string of the molecule is CCCc1ccc(S(=O)(=O)NC(COC)C(O)c2ccccc2)cc1. The van der Waals surface area contributed by atoms with Crippen LogP contribution in [-0.4, -0.2) is 33.3 Å². The maximum absolute atomic E-state index is 12.6. The van der Waals surface area contributed by atoms with Crippen molar-refractivity contribution in [1.29, 1.82) is 0 Å². The van der Waals surface area contributed by atoms with Crippen LogP contribution in [0.2, 0.25) is 0 Å². The Balaban J connectivity index is 2.19. The topological polar surface area (TPSA) is 75.6 Å². The third kappa shape index (κ3) is 5.37. The number of aliphatic hydroxyl groups excluding tert-OH is 1. The molecule has 0 aliphatic carbocycles. The average molecular weight is 363 g/mol. The number of aryl methyl sites for hydroxylation is 1. The van der Waals surface area contributed by atoms with Crippen molar-refractivity contribution in [1.82, 2.24) is 4.72 Å². The van der Waals surface area contributed by atoms with Crippen molar-refractivity contribution in [3.8, 4) is 0 Å². The highest BCUT2D eigenvalue weighted by atomic mass is 32.2. The second-order valence-electron chi connectivity index (χ2n) is 5.93. The number of benzene rings is 2. The van der Waals surface area contributed by atoms with Crippen molar-refractivity contribution < 1.29 is 18.3 Å². The van der Waals surface area contributed by atoms with E-state index in [4.69, 9.17) is 4.74 Å². The minimum absolute atomic E-state index is 0.0587. The third-order valence-electron chi connectivity index (χ3n) is 3.95. The predicted octanol–water partition coefficient (Wildman–Crippen LogP) is 2.67. The number of aliphatic hydroxyl groups is 1. The van der Waals surface area contributed by atoms with Crippen molar-refractivity contribution in [2.24, 2.45) is 0 Å². The molecule has 2 N–H and O–H groups in total. The maximum atomic E-state index is 12.6. The van der Waals surface area contributed by atoms with Gasteiger partial charge >= 0.3 is 0 Å². The minimum atomic E-state index is -3.76. The van der Waals surface area contributed by atoms with E-state index in [9.17, 15) is 13.5 Å². The van der Waals surface area contributed by atoms with Gasteiger partial charge in [-0.15, -0.1) is 0 Å². The summed E-state index contributed by atoms with van der Waals surface area (Å²) in [5.41, 5.74) is 1.73. The number of hydrogen-bond donors (Lipinski definition) is 2. The molecule has 2 aromatic rings. The zero-order valence-electron chi connectivity index (χ0n) is 14.6. The molecule has 0 aliphatic heterocycles. The lowest BCUT2D eigenvalue weighted by atomic mass is 10.0. The molecule has 136 valence electrons. The van der Waals surface area contributed by atoms with E-state index in [0.717, 1.165) is 18.4 Å².